The van der Waals surface area contributed by atoms with Gasteiger partial charge < -0.3 is 20.7 Å². The van der Waals surface area contributed by atoms with Crippen LogP contribution >= 0.6 is 0 Å². The predicted molar refractivity (Wildman–Crippen MR) is 47.2 cm³/mol. The number of nitrogens with zero attached hydrogens (tertiary/aromatic N) is 2. The summed E-state index contributed by atoms with van der Waals surface area (Å²) in [6.45, 7) is -0.230. The Balaban J connectivity index is 3.03. The van der Waals surface area contributed by atoms with Crippen LogP contribution in [0.4, 0.5) is 5.82 Å². The van der Waals surface area contributed by atoms with Crippen molar-refractivity contribution in [3.8, 4) is 5.88 Å². The standard InChI is InChI=1S/C7H11N3O4/c1-10-5(8)4(7(12)13)6(9-10)14-3-2-11/h11H,2-3,8H2,1H3,(H,12,13). The highest BCUT2D eigenvalue weighted by molar-refractivity contribution is 5.95. The van der Waals surface area contributed by atoms with Crippen LogP contribution < -0.4 is 10.5 Å². The number of ether oxygens (including phenoxy) is 1. The Morgan fingerprint density at radius 1 is 1.71 bits per heavy atom. The molecule has 0 aliphatic rings. The minimum absolute atomic E-state index is 0.0171. The lowest BCUT2D eigenvalue weighted by molar-refractivity contribution is 0.0692. The van der Waals surface area contributed by atoms with Crippen molar-refractivity contribution in [1.82, 2.24) is 9.78 Å². The first-order valence-corrected chi connectivity index (χ1v) is 3.87. The van der Waals surface area contributed by atoms with E-state index in [4.69, 9.17) is 20.7 Å². The maximum Gasteiger partial charge on any atom is 0.345 e. The molecule has 0 spiro atoms. The number of aliphatic hydroxyl groups is 1. The molecule has 7 heteroatoms. The third-order valence-corrected chi connectivity index (χ3v) is 1.60. The number of aromatic carboxylic acids is 1. The van der Waals surface area contributed by atoms with Crippen molar-refractivity contribution in [2.75, 3.05) is 18.9 Å². The van der Waals surface area contributed by atoms with Gasteiger partial charge in [0.15, 0.2) is 5.56 Å². The molecular weight excluding hydrogens is 190 g/mol. The molecule has 1 aromatic rings. The fourth-order valence-electron chi connectivity index (χ4n) is 0.956. The molecule has 0 aliphatic carbocycles. The predicted octanol–water partition coefficient (Wildman–Crippen LogP) is -0.928. The van der Waals surface area contributed by atoms with Gasteiger partial charge in [0.25, 0.3) is 0 Å². The number of hydrogen-bond donors (Lipinski definition) is 3. The number of carbonyl (C=O) groups is 1. The van der Waals surface area contributed by atoms with Gasteiger partial charge in [-0.25, -0.2) is 9.48 Å². The van der Waals surface area contributed by atoms with Crippen LogP contribution in [0.25, 0.3) is 0 Å². The van der Waals surface area contributed by atoms with Crippen molar-refractivity contribution in [2.24, 2.45) is 7.05 Å². The van der Waals surface area contributed by atoms with Gasteiger partial charge in [-0.3, -0.25) is 0 Å². The molecule has 78 valence electrons. The Morgan fingerprint density at radius 2 is 2.36 bits per heavy atom. The van der Waals surface area contributed by atoms with Gasteiger partial charge >= 0.3 is 5.97 Å². The third-order valence-electron chi connectivity index (χ3n) is 1.60. The van der Waals surface area contributed by atoms with Crippen molar-refractivity contribution in [3.05, 3.63) is 5.56 Å². The Bertz CT molecular complexity index is 347. The van der Waals surface area contributed by atoms with Gasteiger partial charge in [0, 0.05) is 7.05 Å². The zero-order valence-corrected chi connectivity index (χ0v) is 7.60. The summed E-state index contributed by atoms with van der Waals surface area (Å²) in [6.07, 6.45) is 0. The normalized spacial score (nSPS) is 10.1. The van der Waals surface area contributed by atoms with Gasteiger partial charge in [-0.15, -0.1) is 5.10 Å². The number of aromatic nitrogens is 2. The summed E-state index contributed by atoms with van der Waals surface area (Å²) in [5.41, 5.74) is 5.27. The number of nitrogens with two attached hydrogens (primary N) is 1. The van der Waals surface area contributed by atoms with Gasteiger partial charge in [-0.1, -0.05) is 0 Å². The molecule has 4 N–H and O–H groups in total. The number of nitrogen functional groups attached to an aromatic ring is 1. The Kier molecular flexibility index (Phi) is 2.92. The molecule has 0 amide bonds. The Morgan fingerprint density at radius 3 is 2.86 bits per heavy atom. The lowest BCUT2D eigenvalue weighted by Gasteiger charge is -1.99. The van der Waals surface area contributed by atoms with Crippen LogP contribution in [0, 0.1) is 0 Å². The molecule has 0 unspecified atom stereocenters. The Hall–Kier alpha value is -1.76. The number of aliphatic hydroxyl groups excluding tert-OH is 1. The van der Waals surface area contributed by atoms with E-state index in [0.717, 1.165) is 0 Å². The lowest BCUT2D eigenvalue weighted by Crippen LogP contribution is -2.07. The van der Waals surface area contributed by atoms with Gasteiger partial charge in [-0.2, -0.15) is 0 Å². The summed E-state index contributed by atoms with van der Waals surface area (Å²) >= 11 is 0. The van der Waals surface area contributed by atoms with Gasteiger partial charge in [0.1, 0.15) is 12.4 Å². The van der Waals surface area contributed by atoms with Gasteiger partial charge in [0.2, 0.25) is 5.88 Å². The van der Waals surface area contributed by atoms with Crippen molar-refractivity contribution in [2.45, 2.75) is 0 Å². The van der Waals surface area contributed by atoms with E-state index in [1.807, 2.05) is 0 Å². The van der Waals surface area contributed by atoms with Crippen LogP contribution in [0.5, 0.6) is 5.88 Å². The number of rotatable bonds is 4. The summed E-state index contributed by atoms with van der Waals surface area (Å²) in [5, 5.41) is 21.0. The van der Waals surface area contributed by atoms with E-state index in [2.05, 4.69) is 5.10 Å². The molecule has 0 saturated carbocycles. The van der Waals surface area contributed by atoms with E-state index in [1.165, 1.54) is 11.7 Å². The van der Waals surface area contributed by atoms with E-state index in [9.17, 15) is 4.79 Å². The second kappa shape index (κ2) is 3.97. The molecule has 0 atom stereocenters. The summed E-state index contributed by atoms with van der Waals surface area (Å²) in [6, 6.07) is 0. The van der Waals surface area contributed by atoms with E-state index in [1.54, 1.807) is 0 Å². The molecule has 14 heavy (non-hydrogen) atoms. The second-order valence-corrected chi connectivity index (χ2v) is 2.57. The second-order valence-electron chi connectivity index (χ2n) is 2.57. The molecule has 1 aromatic heterocycles. The molecule has 0 radical (unpaired) electrons. The van der Waals surface area contributed by atoms with Crippen LogP contribution in [0.1, 0.15) is 10.4 Å². The number of carboxylic acid groups (broad SMARTS) is 1. The van der Waals surface area contributed by atoms with E-state index in [0.29, 0.717) is 0 Å². The molecule has 0 bridgehead atoms. The van der Waals surface area contributed by atoms with Crippen LogP contribution in [-0.2, 0) is 7.05 Å². The average molecular weight is 201 g/mol. The first-order valence-electron chi connectivity index (χ1n) is 3.87. The fraction of sp³-hybridized carbons (Fsp3) is 0.429. The fourth-order valence-corrected chi connectivity index (χ4v) is 0.956. The third kappa shape index (κ3) is 1.77. The molecule has 0 aliphatic heterocycles. The Labute approximate surface area is 79.7 Å². The summed E-state index contributed by atoms with van der Waals surface area (Å²) in [5.74, 6) is -1.26. The highest BCUT2D eigenvalue weighted by Crippen LogP contribution is 2.22. The smallest absolute Gasteiger partial charge is 0.345 e. The van der Waals surface area contributed by atoms with Crippen LogP contribution in [0.15, 0.2) is 0 Å². The largest absolute Gasteiger partial charge is 0.477 e. The zero-order valence-electron chi connectivity index (χ0n) is 7.60. The van der Waals surface area contributed by atoms with Crippen LogP contribution in [-0.4, -0.2) is 39.2 Å². The summed E-state index contributed by atoms with van der Waals surface area (Å²) in [7, 11) is 1.51. The first kappa shape index (κ1) is 10.3. The van der Waals surface area contributed by atoms with Gasteiger partial charge in [0.05, 0.1) is 6.61 Å². The molecule has 0 aromatic carbocycles. The highest BCUT2D eigenvalue weighted by atomic mass is 16.5. The lowest BCUT2D eigenvalue weighted by atomic mass is 10.3. The van der Waals surface area contributed by atoms with Crippen molar-refractivity contribution < 1.29 is 19.7 Å². The maximum absolute atomic E-state index is 10.7. The zero-order chi connectivity index (χ0) is 10.7. The van der Waals surface area contributed by atoms with E-state index < -0.39 is 5.97 Å². The van der Waals surface area contributed by atoms with E-state index >= 15 is 0 Å². The molecule has 1 rings (SSSR count). The molecule has 0 fully saturated rings. The number of hydrogen-bond acceptors (Lipinski definition) is 5. The SMILES string of the molecule is Cn1nc(OCCO)c(C(=O)O)c1N. The van der Waals surface area contributed by atoms with Crippen LogP contribution in [0.2, 0.25) is 0 Å². The molecule has 1 heterocycles. The van der Waals surface area contributed by atoms with Crippen molar-refractivity contribution in [1.29, 1.82) is 0 Å². The number of carboxylic acids is 1. The summed E-state index contributed by atoms with van der Waals surface area (Å²) in [4.78, 5) is 10.7. The minimum Gasteiger partial charge on any atom is -0.477 e. The average Bonchev–Trinajstić information content (AvgIpc) is 2.39. The summed E-state index contributed by atoms with van der Waals surface area (Å²) < 4.78 is 6.11. The molecular formula is C7H11N3O4. The first-order chi connectivity index (χ1) is 6.57. The van der Waals surface area contributed by atoms with Crippen molar-refractivity contribution >= 4 is 11.8 Å². The number of anilines is 1. The highest BCUT2D eigenvalue weighted by Gasteiger charge is 2.21. The molecule has 7 nitrogen and oxygen atoms in total. The van der Waals surface area contributed by atoms with Crippen LogP contribution in [0.3, 0.4) is 0 Å². The number of aryl methyl sites for hydroxylation is 1. The maximum atomic E-state index is 10.7. The van der Waals surface area contributed by atoms with Gasteiger partial charge in [-0.05, 0) is 0 Å². The van der Waals surface area contributed by atoms with Crippen molar-refractivity contribution in [3.63, 3.8) is 0 Å². The quantitative estimate of drug-likeness (QED) is 0.580. The van der Waals surface area contributed by atoms with E-state index in [-0.39, 0.29) is 30.5 Å². The topological polar surface area (TPSA) is 111 Å². The monoisotopic (exact) mass is 201 g/mol. The minimum atomic E-state index is -1.21. The molecule has 0 saturated heterocycles.